The molecule has 3 saturated heterocycles. The summed E-state index contributed by atoms with van der Waals surface area (Å²) in [6.45, 7) is 16.5. The van der Waals surface area contributed by atoms with E-state index in [1.54, 1.807) is 0 Å². The first-order valence-electron chi connectivity index (χ1n) is 25.5. The number of rotatable bonds is 6. The molecule has 4 aromatic carbocycles. The monoisotopic (exact) mass is 1030 g/mol. The molecule has 8 aromatic rings. The minimum Gasteiger partial charge on any atom is -0.400 e. The lowest BCUT2D eigenvalue weighted by Crippen LogP contribution is -2.41. The van der Waals surface area contributed by atoms with Crippen LogP contribution in [0.2, 0.25) is 5.15 Å². The van der Waals surface area contributed by atoms with Crippen LogP contribution in [0.25, 0.3) is 61.6 Å². The van der Waals surface area contributed by atoms with Crippen LogP contribution < -0.4 is 20.4 Å². The van der Waals surface area contributed by atoms with E-state index in [-0.39, 0.29) is 37.6 Å². The van der Waals surface area contributed by atoms with Crippen LogP contribution in [0, 0.1) is 0 Å². The van der Waals surface area contributed by atoms with Crippen LogP contribution in [0.4, 0.5) is 11.4 Å². The van der Waals surface area contributed by atoms with Gasteiger partial charge in [0.15, 0.2) is 0 Å². The fraction of sp³-hybridized carbons (Fsp3) is 0.322. The number of nitrogens with zero attached hydrogens (tertiary/aromatic N) is 4. The summed E-state index contributed by atoms with van der Waals surface area (Å²) in [7, 11) is -0.299. The minimum absolute atomic E-state index is 0. The molecule has 0 atom stereocenters. The second-order valence-electron chi connectivity index (χ2n) is 20.2. The van der Waals surface area contributed by atoms with Crippen molar-refractivity contribution in [2.45, 2.75) is 59.2 Å². The highest BCUT2D eigenvalue weighted by atomic mass is 35.5. The van der Waals surface area contributed by atoms with Gasteiger partial charge in [0.05, 0.1) is 71.2 Å². The third-order valence-electron chi connectivity index (χ3n) is 14.9. The molecule has 0 saturated carbocycles. The Hall–Kier alpha value is -7.01. The maximum absolute atomic E-state index is 12.4. The van der Waals surface area contributed by atoms with Gasteiger partial charge >= 0.3 is 7.12 Å². The summed E-state index contributed by atoms with van der Waals surface area (Å²) in [6.07, 6.45) is 11.7. The van der Waals surface area contributed by atoms with Crippen LogP contribution in [0.3, 0.4) is 0 Å². The number of nitrogens with one attached hydrogen (secondary N) is 4. The molecule has 4 N–H and O–H groups in total. The number of carbonyl (C=O) groups is 2. The average molecular weight is 1030 g/mol. The van der Waals surface area contributed by atoms with Crippen molar-refractivity contribution in [1.29, 1.82) is 0 Å². The molecule has 5 aliphatic rings. The van der Waals surface area contributed by atoms with E-state index in [9.17, 15) is 9.59 Å². The number of morpholine rings is 2. The van der Waals surface area contributed by atoms with E-state index in [0.717, 1.165) is 143 Å². The van der Waals surface area contributed by atoms with E-state index in [2.05, 4.69) is 142 Å². The molecule has 0 unspecified atom stereocenters. The second-order valence-corrected chi connectivity index (χ2v) is 20.6. The molecule has 16 heteroatoms. The molecule has 9 heterocycles. The van der Waals surface area contributed by atoms with Crippen molar-refractivity contribution >= 4 is 103 Å². The SMILES string of the molecule is C.CC1(C)OB(/C=C/c2cccc(N3CCOCC3)c2)OC1(C)C.O=C1NCCc2nc3c(ccc4c[nH]c(/C=C/c5cccc(N6CCOCC6)c5)cc43)c21.O=C1NCCc2nc3c(ccc4c[nH]c(Cl)cc43)c21. The largest absolute Gasteiger partial charge is 0.487 e. The summed E-state index contributed by atoms with van der Waals surface area (Å²) in [6, 6.07) is 29.1. The maximum atomic E-state index is 12.4. The van der Waals surface area contributed by atoms with Gasteiger partial charge in [0.1, 0.15) is 5.15 Å². The van der Waals surface area contributed by atoms with Gasteiger partial charge in [0.2, 0.25) is 0 Å². The van der Waals surface area contributed by atoms with E-state index < -0.39 is 0 Å². The molecule has 0 spiro atoms. The minimum atomic E-state index is -0.299. The van der Waals surface area contributed by atoms with Crippen molar-refractivity contribution in [1.82, 2.24) is 30.6 Å². The van der Waals surface area contributed by atoms with E-state index in [1.165, 1.54) is 11.4 Å². The molecule has 5 aliphatic heterocycles. The number of fused-ring (bicyclic) bond motifs is 10. The number of aromatic nitrogens is 4. The smallest absolute Gasteiger partial charge is 0.400 e. The number of hydrogen-bond acceptors (Lipinski definition) is 10. The first-order chi connectivity index (χ1) is 35.9. The molecule has 386 valence electrons. The summed E-state index contributed by atoms with van der Waals surface area (Å²) in [5, 5.41) is 12.4. The van der Waals surface area contributed by atoms with Gasteiger partial charge in [-0.05, 0) is 86.7 Å². The number of anilines is 2. The normalized spacial score (nSPS) is 18.1. The Morgan fingerprint density at radius 1 is 0.600 bits per heavy atom. The first-order valence-corrected chi connectivity index (χ1v) is 25.9. The van der Waals surface area contributed by atoms with E-state index >= 15 is 0 Å². The lowest BCUT2D eigenvalue weighted by Gasteiger charge is -2.32. The number of carbonyl (C=O) groups excluding carboxylic acids is 2. The van der Waals surface area contributed by atoms with Crippen LogP contribution in [0.5, 0.6) is 0 Å². The number of benzene rings is 4. The van der Waals surface area contributed by atoms with Gasteiger partial charge in [-0.1, -0.05) is 85.7 Å². The predicted molar refractivity (Wildman–Crippen MR) is 304 cm³/mol. The number of amides is 2. The number of aromatic amines is 2. The maximum Gasteiger partial charge on any atom is 0.487 e. The lowest BCUT2D eigenvalue weighted by molar-refractivity contribution is 0.00578. The van der Waals surface area contributed by atoms with Gasteiger partial charge in [0.25, 0.3) is 11.8 Å². The molecular weight excluding hydrogens is 963 g/mol. The Morgan fingerprint density at radius 2 is 1.09 bits per heavy atom. The van der Waals surface area contributed by atoms with Crippen LogP contribution in [0.15, 0.2) is 103 Å². The van der Waals surface area contributed by atoms with Crippen molar-refractivity contribution in [2.75, 3.05) is 75.5 Å². The Kier molecular flexibility index (Phi) is 14.9. The highest BCUT2D eigenvalue weighted by Gasteiger charge is 2.50. The number of H-pyrrole nitrogens is 2. The molecule has 4 aromatic heterocycles. The van der Waals surface area contributed by atoms with Crippen LogP contribution >= 0.6 is 11.6 Å². The van der Waals surface area contributed by atoms with E-state index in [4.69, 9.17) is 35.4 Å². The molecule has 14 nitrogen and oxygen atoms in total. The highest BCUT2D eigenvalue weighted by Crippen LogP contribution is 2.38. The van der Waals surface area contributed by atoms with Gasteiger partial charge in [0, 0.05) is 109 Å². The number of hydrogen-bond donors (Lipinski definition) is 4. The van der Waals surface area contributed by atoms with Gasteiger partial charge in [-0.15, -0.1) is 0 Å². The third-order valence-corrected chi connectivity index (χ3v) is 15.1. The molecule has 2 amide bonds. The summed E-state index contributed by atoms with van der Waals surface area (Å²) in [5.41, 5.74) is 10.2. The Bertz CT molecular complexity index is 3470. The quantitative estimate of drug-likeness (QED) is 0.0933. The van der Waals surface area contributed by atoms with E-state index in [0.29, 0.717) is 23.8 Å². The van der Waals surface area contributed by atoms with Crippen molar-refractivity contribution < 1.29 is 28.4 Å². The lowest BCUT2D eigenvalue weighted by atomic mass is 9.89. The number of halogens is 1. The van der Waals surface area contributed by atoms with E-state index in [1.807, 2.05) is 42.6 Å². The summed E-state index contributed by atoms with van der Waals surface area (Å²) in [4.78, 5) is 44.9. The average Bonchev–Trinajstić information content (AvgIpc) is 4.07. The molecule has 75 heavy (non-hydrogen) atoms. The van der Waals surface area contributed by atoms with Crippen molar-refractivity contribution in [3.05, 3.63) is 148 Å². The Labute approximate surface area is 443 Å². The van der Waals surface area contributed by atoms with Crippen LogP contribution in [-0.4, -0.2) is 116 Å². The zero-order valence-corrected chi connectivity index (χ0v) is 43.0. The van der Waals surface area contributed by atoms with Gasteiger partial charge in [-0.2, -0.15) is 0 Å². The van der Waals surface area contributed by atoms with Gasteiger partial charge in [-0.3, -0.25) is 19.6 Å². The molecular formula is C59H64BClN8O6. The van der Waals surface area contributed by atoms with Gasteiger partial charge in [-0.25, -0.2) is 0 Å². The predicted octanol–water partition coefficient (Wildman–Crippen LogP) is 10.5. The molecule has 13 rings (SSSR count). The van der Waals surface area contributed by atoms with Crippen LogP contribution in [-0.2, 0) is 31.6 Å². The zero-order chi connectivity index (χ0) is 51.0. The fourth-order valence-corrected chi connectivity index (χ4v) is 10.3. The molecule has 3 fully saturated rings. The Balaban J connectivity index is 0.000000132. The molecule has 0 radical (unpaired) electrons. The van der Waals surface area contributed by atoms with Crippen molar-refractivity contribution in [2.24, 2.45) is 0 Å². The molecule has 0 aliphatic carbocycles. The topological polar surface area (TPSA) is 159 Å². The zero-order valence-electron chi connectivity index (χ0n) is 42.2. The third kappa shape index (κ3) is 10.8. The number of pyridine rings is 2. The second kappa shape index (κ2) is 21.7. The Morgan fingerprint density at radius 3 is 1.63 bits per heavy atom. The number of ether oxygens (including phenoxy) is 2. The van der Waals surface area contributed by atoms with Crippen molar-refractivity contribution in [3.63, 3.8) is 0 Å². The van der Waals surface area contributed by atoms with Gasteiger partial charge < -0.3 is 49.2 Å². The first kappa shape index (κ1) is 51.5. The summed E-state index contributed by atoms with van der Waals surface area (Å²) in [5.74, 6) is 1.95. The summed E-state index contributed by atoms with van der Waals surface area (Å²) >= 11 is 6.01. The summed E-state index contributed by atoms with van der Waals surface area (Å²) < 4.78 is 22.9. The van der Waals surface area contributed by atoms with Crippen LogP contribution in [0.1, 0.15) is 84.0 Å². The molecule has 0 bridgehead atoms. The standard InChI is InChI=1S/C26H24N4O2.C18H26BNO3.C14H10ClN3O.CH4/c31-26-24-21-7-5-18-16-28-19(15-22(18)25(21)29-23(24)8-9-27-26)6-4-17-2-1-3-20(14-17)30-10-12-32-13-11-30;1-17(2)18(3,4)23-19(22-17)9-8-15-6-5-7-16(14-15)20-10-12-21-13-11-20;15-11-5-9-7(6-17-11)1-2-8-12-10(18-13(8)9)3-4-16-14(12)19;/h1-7,14-16,28H,8-13H2,(H,27,31);5-9,14H,10-13H2,1-4H3;1-2,5-6,17H,3-4H2,(H,16,19);1H4/b6-4+;9-8+;;. The highest BCUT2D eigenvalue weighted by molar-refractivity contribution is 6.52. The van der Waals surface area contributed by atoms with Crippen molar-refractivity contribution in [3.8, 4) is 0 Å². The fourth-order valence-electron chi connectivity index (χ4n) is 10.2.